The second-order valence-electron chi connectivity index (χ2n) is 9.79. The van der Waals surface area contributed by atoms with E-state index in [0.717, 1.165) is 18.5 Å². The molecule has 0 unspecified atom stereocenters. The Bertz CT molecular complexity index is 1310. The van der Waals surface area contributed by atoms with Gasteiger partial charge in [-0.15, -0.1) is 0 Å². The van der Waals surface area contributed by atoms with Crippen LogP contribution in [0.3, 0.4) is 0 Å². The summed E-state index contributed by atoms with van der Waals surface area (Å²) in [5, 5.41) is 16.8. The van der Waals surface area contributed by atoms with E-state index < -0.39 is 18.0 Å². The average molecular weight is 530 g/mol. The van der Waals surface area contributed by atoms with Crippen molar-refractivity contribution >= 4 is 11.9 Å². The van der Waals surface area contributed by atoms with Crippen LogP contribution in [-0.4, -0.2) is 58.9 Å². The third-order valence-electron chi connectivity index (χ3n) is 6.89. The number of rotatable bonds is 9. The van der Waals surface area contributed by atoms with Crippen molar-refractivity contribution in [3.8, 4) is 23.0 Å². The molecule has 2 atom stereocenters. The second kappa shape index (κ2) is 10.5. The zero-order valence-electron chi connectivity index (χ0n) is 21.1. The Kier molecular flexibility index (Phi) is 7.09. The zero-order valence-corrected chi connectivity index (χ0v) is 21.1. The lowest BCUT2D eigenvalue weighted by Crippen LogP contribution is -2.43. The standard InChI is InChI=1S/C25H29F2N7O4/c1-14-20(37-16-5-3-4-15(8-16)23(35)36)13-29-22(32-14)18-11-31-34(2)19(18)12-30-24-28-7-6-21(33-24)38-17-9-25(26,27)10-17/h6-7,11,13,15-17H,3-5,8-10,12H2,1-2H3,(H,35,36)(H,28,30,33)/t15-,16-/m0/s1. The van der Waals surface area contributed by atoms with Crippen molar-refractivity contribution in [1.82, 2.24) is 29.7 Å². The van der Waals surface area contributed by atoms with E-state index in [1.807, 2.05) is 6.92 Å². The lowest BCUT2D eigenvalue weighted by molar-refractivity contribution is -0.144. The van der Waals surface area contributed by atoms with E-state index in [2.05, 4.69) is 30.4 Å². The van der Waals surface area contributed by atoms with E-state index in [-0.39, 0.29) is 36.7 Å². The first kappa shape index (κ1) is 25.7. The summed E-state index contributed by atoms with van der Waals surface area (Å²) < 4.78 is 39.5. The molecule has 2 N–H and O–H groups in total. The number of carboxylic acid groups (broad SMARTS) is 1. The highest BCUT2D eigenvalue weighted by atomic mass is 19.3. The van der Waals surface area contributed by atoms with Crippen molar-refractivity contribution in [2.24, 2.45) is 13.0 Å². The molecule has 0 radical (unpaired) electrons. The van der Waals surface area contributed by atoms with Gasteiger partial charge in [0.2, 0.25) is 11.8 Å². The van der Waals surface area contributed by atoms with E-state index in [0.29, 0.717) is 42.2 Å². The topological polar surface area (TPSA) is 137 Å². The molecule has 5 rings (SSSR count). The van der Waals surface area contributed by atoms with Gasteiger partial charge in [-0.2, -0.15) is 10.1 Å². The van der Waals surface area contributed by atoms with Crippen molar-refractivity contribution in [1.29, 1.82) is 0 Å². The number of halogens is 2. The molecule has 3 heterocycles. The van der Waals surface area contributed by atoms with Crippen LogP contribution >= 0.6 is 0 Å². The molecule has 0 aromatic carbocycles. The quantitative estimate of drug-likeness (QED) is 0.421. The smallest absolute Gasteiger partial charge is 0.306 e. The molecule has 202 valence electrons. The monoisotopic (exact) mass is 529 g/mol. The predicted molar refractivity (Wildman–Crippen MR) is 131 cm³/mol. The zero-order chi connectivity index (χ0) is 26.9. The first-order valence-corrected chi connectivity index (χ1v) is 12.5. The largest absolute Gasteiger partial charge is 0.487 e. The number of hydrogen-bond acceptors (Lipinski definition) is 9. The molecule has 0 bridgehead atoms. The highest BCUT2D eigenvalue weighted by molar-refractivity contribution is 5.70. The van der Waals surface area contributed by atoms with Gasteiger partial charge in [0.15, 0.2) is 11.6 Å². The van der Waals surface area contributed by atoms with E-state index in [1.54, 1.807) is 24.1 Å². The maximum Gasteiger partial charge on any atom is 0.306 e. The minimum absolute atomic E-state index is 0.184. The van der Waals surface area contributed by atoms with E-state index >= 15 is 0 Å². The summed E-state index contributed by atoms with van der Waals surface area (Å²) in [6.45, 7) is 2.12. The van der Waals surface area contributed by atoms with Crippen molar-refractivity contribution in [3.05, 3.63) is 36.0 Å². The molecule has 11 nitrogen and oxygen atoms in total. The Labute approximate surface area is 217 Å². The van der Waals surface area contributed by atoms with Crippen LogP contribution in [0.4, 0.5) is 14.7 Å². The van der Waals surface area contributed by atoms with Crippen LogP contribution in [0.5, 0.6) is 11.6 Å². The lowest BCUT2D eigenvalue weighted by Gasteiger charge is -2.34. The fourth-order valence-electron chi connectivity index (χ4n) is 4.73. The van der Waals surface area contributed by atoms with Crippen molar-refractivity contribution in [2.75, 3.05) is 5.32 Å². The molecule has 0 spiro atoms. The second-order valence-corrected chi connectivity index (χ2v) is 9.79. The molecule has 3 aromatic rings. The SMILES string of the molecule is Cc1nc(-c2cnn(C)c2CNc2nccc(OC3CC(F)(F)C3)n2)ncc1O[C@H]1CCC[C@H](C(=O)O)C1. The van der Waals surface area contributed by atoms with Gasteiger partial charge in [-0.1, -0.05) is 0 Å². The van der Waals surface area contributed by atoms with Gasteiger partial charge < -0.3 is 19.9 Å². The number of aromatic nitrogens is 6. The molecule has 38 heavy (non-hydrogen) atoms. The first-order valence-electron chi connectivity index (χ1n) is 12.5. The van der Waals surface area contributed by atoms with Gasteiger partial charge >= 0.3 is 5.97 Å². The summed E-state index contributed by atoms with van der Waals surface area (Å²) in [5.74, 6) is -2.33. The summed E-state index contributed by atoms with van der Waals surface area (Å²) in [7, 11) is 1.80. The molecule has 0 aliphatic heterocycles. The minimum Gasteiger partial charge on any atom is -0.487 e. The number of hydrogen-bond donors (Lipinski definition) is 2. The predicted octanol–water partition coefficient (Wildman–Crippen LogP) is 3.79. The van der Waals surface area contributed by atoms with E-state index in [9.17, 15) is 18.7 Å². The number of nitrogens with zero attached hydrogens (tertiary/aromatic N) is 6. The Morgan fingerprint density at radius 3 is 2.74 bits per heavy atom. The van der Waals surface area contributed by atoms with Gasteiger partial charge in [0, 0.05) is 32.2 Å². The molecule has 2 aliphatic carbocycles. The van der Waals surface area contributed by atoms with Crippen LogP contribution < -0.4 is 14.8 Å². The fraction of sp³-hybridized carbons (Fsp3) is 0.520. The Hall–Kier alpha value is -3.90. The minimum atomic E-state index is -2.67. The maximum absolute atomic E-state index is 13.1. The maximum atomic E-state index is 13.1. The number of nitrogens with one attached hydrogen (secondary N) is 1. The van der Waals surface area contributed by atoms with Crippen molar-refractivity contribution < 1.29 is 28.2 Å². The van der Waals surface area contributed by atoms with E-state index in [1.165, 1.54) is 12.3 Å². The van der Waals surface area contributed by atoms with Crippen LogP contribution in [0.15, 0.2) is 24.7 Å². The molecule has 2 aliphatic rings. The summed E-state index contributed by atoms with van der Waals surface area (Å²) in [4.78, 5) is 28.9. The van der Waals surface area contributed by atoms with Gasteiger partial charge in [-0.05, 0) is 32.6 Å². The Morgan fingerprint density at radius 2 is 2.00 bits per heavy atom. The highest BCUT2D eigenvalue weighted by Crippen LogP contribution is 2.39. The Morgan fingerprint density at radius 1 is 1.18 bits per heavy atom. The number of carboxylic acids is 1. The van der Waals surface area contributed by atoms with Crippen LogP contribution in [-0.2, 0) is 18.4 Å². The number of aryl methyl sites for hydroxylation is 2. The number of carbonyl (C=O) groups is 1. The van der Waals surface area contributed by atoms with Gasteiger partial charge in [0.05, 0.1) is 47.9 Å². The third kappa shape index (κ3) is 5.81. The van der Waals surface area contributed by atoms with Gasteiger partial charge in [0.1, 0.15) is 6.10 Å². The van der Waals surface area contributed by atoms with Crippen LogP contribution in [0.2, 0.25) is 0 Å². The summed E-state index contributed by atoms with van der Waals surface area (Å²) in [5.41, 5.74) is 2.13. The van der Waals surface area contributed by atoms with Gasteiger partial charge in [-0.25, -0.2) is 23.7 Å². The van der Waals surface area contributed by atoms with Gasteiger partial charge in [-0.3, -0.25) is 9.48 Å². The molecule has 0 saturated heterocycles. The van der Waals surface area contributed by atoms with Gasteiger partial charge in [0.25, 0.3) is 5.92 Å². The molecule has 2 saturated carbocycles. The van der Waals surface area contributed by atoms with Crippen LogP contribution in [0, 0.1) is 12.8 Å². The van der Waals surface area contributed by atoms with Crippen LogP contribution in [0.1, 0.15) is 49.9 Å². The normalized spacial score (nSPS) is 20.9. The Balaban J connectivity index is 1.24. The number of anilines is 1. The summed E-state index contributed by atoms with van der Waals surface area (Å²) in [6, 6.07) is 1.53. The highest BCUT2D eigenvalue weighted by Gasteiger charge is 2.47. The molecule has 2 fully saturated rings. The summed E-state index contributed by atoms with van der Waals surface area (Å²) in [6.07, 6.45) is 6.16. The fourth-order valence-corrected chi connectivity index (χ4v) is 4.73. The van der Waals surface area contributed by atoms with Crippen molar-refractivity contribution in [3.63, 3.8) is 0 Å². The number of ether oxygens (including phenoxy) is 2. The molecular formula is C25H29F2N7O4. The molecular weight excluding hydrogens is 500 g/mol. The number of aliphatic carboxylic acids is 1. The molecule has 13 heteroatoms. The number of alkyl halides is 2. The van der Waals surface area contributed by atoms with Crippen LogP contribution in [0.25, 0.3) is 11.4 Å². The molecule has 3 aromatic heterocycles. The lowest BCUT2D eigenvalue weighted by atomic mass is 9.87. The molecule has 0 amide bonds. The average Bonchev–Trinajstić information content (AvgIpc) is 3.23. The summed E-state index contributed by atoms with van der Waals surface area (Å²) >= 11 is 0. The first-order chi connectivity index (χ1) is 18.2. The third-order valence-corrected chi connectivity index (χ3v) is 6.89. The van der Waals surface area contributed by atoms with E-state index in [4.69, 9.17) is 9.47 Å². The van der Waals surface area contributed by atoms with Crippen molar-refractivity contribution in [2.45, 2.75) is 70.1 Å².